The number of halogens is 2. The van der Waals surface area contributed by atoms with E-state index in [0.717, 1.165) is 3.57 Å². The van der Waals surface area contributed by atoms with Crippen LogP contribution in [-0.4, -0.2) is 17.0 Å². The summed E-state index contributed by atoms with van der Waals surface area (Å²) in [6.07, 6.45) is 0. The molecule has 2 aromatic rings. The first-order valence-electron chi connectivity index (χ1n) is 5.57. The molecule has 0 saturated carbocycles. The van der Waals surface area contributed by atoms with Crippen LogP contribution in [0.5, 0.6) is 0 Å². The molecule has 2 aromatic carbocycles. The van der Waals surface area contributed by atoms with Crippen molar-refractivity contribution < 1.29 is 14.7 Å². The van der Waals surface area contributed by atoms with E-state index in [1.165, 1.54) is 24.3 Å². The van der Waals surface area contributed by atoms with Crippen LogP contribution in [-0.2, 0) is 0 Å². The summed E-state index contributed by atoms with van der Waals surface area (Å²) in [5, 5.41) is 12.1. The van der Waals surface area contributed by atoms with E-state index < -0.39 is 5.97 Å². The van der Waals surface area contributed by atoms with Gasteiger partial charge in [0, 0.05) is 14.2 Å². The Labute approximate surface area is 133 Å². The second-order valence-corrected chi connectivity index (χ2v) is 5.56. The van der Waals surface area contributed by atoms with E-state index in [9.17, 15) is 9.59 Å². The van der Waals surface area contributed by atoms with Crippen LogP contribution in [0.1, 0.15) is 20.7 Å². The molecular weight excluding hydrogens is 393 g/mol. The number of benzene rings is 2. The number of hydrogen-bond acceptors (Lipinski definition) is 2. The third kappa shape index (κ3) is 3.49. The van der Waals surface area contributed by atoms with Gasteiger partial charge in [-0.25, -0.2) is 4.79 Å². The summed E-state index contributed by atoms with van der Waals surface area (Å²) in [5.41, 5.74) is 1.19. The van der Waals surface area contributed by atoms with Gasteiger partial charge >= 0.3 is 5.97 Å². The molecule has 2 rings (SSSR count). The van der Waals surface area contributed by atoms with Gasteiger partial charge in [-0.3, -0.25) is 4.79 Å². The Morgan fingerprint density at radius 1 is 1.05 bits per heavy atom. The molecular formula is C14H9ClINO3. The summed E-state index contributed by atoms with van der Waals surface area (Å²) in [6.45, 7) is 0. The predicted octanol–water partition coefficient (Wildman–Crippen LogP) is 3.90. The SMILES string of the molecule is O=C(O)c1ccc(C(=O)Nc2ccc(Cl)cc2I)cc1. The molecule has 0 saturated heterocycles. The molecule has 0 aliphatic heterocycles. The van der Waals surface area contributed by atoms with Crippen LogP contribution in [0.4, 0.5) is 5.69 Å². The maximum absolute atomic E-state index is 12.0. The Morgan fingerprint density at radius 3 is 2.20 bits per heavy atom. The van der Waals surface area contributed by atoms with E-state index in [1.54, 1.807) is 18.2 Å². The number of hydrogen-bond donors (Lipinski definition) is 2. The normalized spacial score (nSPS) is 10.1. The molecule has 0 atom stereocenters. The van der Waals surface area contributed by atoms with Crippen molar-refractivity contribution in [2.24, 2.45) is 0 Å². The molecule has 0 heterocycles. The van der Waals surface area contributed by atoms with Gasteiger partial charge in [0.25, 0.3) is 5.91 Å². The molecule has 0 unspecified atom stereocenters. The van der Waals surface area contributed by atoms with Crippen LogP contribution in [0, 0.1) is 3.57 Å². The second-order valence-electron chi connectivity index (χ2n) is 3.96. The molecule has 0 aromatic heterocycles. The Kier molecular flexibility index (Phi) is 4.61. The fourth-order valence-electron chi connectivity index (χ4n) is 1.55. The first-order valence-corrected chi connectivity index (χ1v) is 7.03. The zero-order valence-electron chi connectivity index (χ0n) is 10.1. The van der Waals surface area contributed by atoms with Gasteiger partial charge in [0.2, 0.25) is 0 Å². The van der Waals surface area contributed by atoms with Gasteiger partial charge in [-0.1, -0.05) is 11.6 Å². The number of carboxylic acids is 1. The number of nitrogens with one attached hydrogen (secondary N) is 1. The van der Waals surface area contributed by atoms with Crippen molar-refractivity contribution in [3.63, 3.8) is 0 Å². The minimum atomic E-state index is -1.02. The number of aromatic carboxylic acids is 1. The van der Waals surface area contributed by atoms with E-state index >= 15 is 0 Å². The molecule has 2 N–H and O–H groups in total. The van der Waals surface area contributed by atoms with Crippen molar-refractivity contribution in [2.45, 2.75) is 0 Å². The van der Waals surface area contributed by atoms with Gasteiger partial charge in [0.15, 0.2) is 0 Å². The van der Waals surface area contributed by atoms with Crippen LogP contribution < -0.4 is 5.32 Å². The highest BCUT2D eigenvalue weighted by Crippen LogP contribution is 2.22. The van der Waals surface area contributed by atoms with E-state index in [0.29, 0.717) is 16.3 Å². The van der Waals surface area contributed by atoms with Gasteiger partial charge < -0.3 is 10.4 Å². The van der Waals surface area contributed by atoms with Crippen LogP contribution in [0.2, 0.25) is 5.02 Å². The molecule has 1 amide bonds. The van der Waals surface area contributed by atoms with Gasteiger partial charge in [-0.05, 0) is 65.1 Å². The van der Waals surface area contributed by atoms with Crippen molar-refractivity contribution in [3.8, 4) is 0 Å². The number of anilines is 1. The Bertz CT molecular complexity index is 671. The number of rotatable bonds is 3. The van der Waals surface area contributed by atoms with Gasteiger partial charge in [0.05, 0.1) is 11.3 Å². The third-order valence-electron chi connectivity index (χ3n) is 2.57. The molecule has 0 radical (unpaired) electrons. The molecule has 0 fully saturated rings. The highest BCUT2D eigenvalue weighted by Gasteiger charge is 2.10. The lowest BCUT2D eigenvalue weighted by Gasteiger charge is -2.08. The van der Waals surface area contributed by atoms with Crippen LogP contribution >= 0.6 is 34.2 Å². The maximum atomic E-state index is 12.0. The van der Waals surface area contributed by atoms with Crippen molar-refractivity contribution in [1.82, 2.24) is 0 Å². The summed E-state index contributed by atoms with van der Waals surface area (Å²) in [7, 11) is 0. The minimum absolute atomic E-state index is 0.141. The van der Waals surface area contributed by atoms with Gasteiger partial charge in [-0.2, -0.15) is 0 Å². The van der Waals surface area contributed by atoms with Crippen molar-refractivity contribution in [3.05, 3.63) is 62.2 Å². The zero-order chi connectivity index (χ0) is 14.7. The molecule has 0 aliphatic carbocycles. The van der Waals surface area contributed by atoms with Crippen molar-refractivity contribution >= 4 is 51.8 Å². The molecule has 0 aliphatic rings. The van der Waals surface area contributed by atoms with E-state index in [2.05, 4.69) is 27.9 Å². The Balaban J connectivity index is 2.17. The minimum Gasteiger partial charge on any atom is -0.478 e. The molecule has 4 nitrogen and oxygen atoms in total. The molecule has 102 valence electrons. The number of carbonyl (C=O) groups is 2. The monoisotopic (exact) mass is 401 g/mol. The number of carboxylic acid groups (broad SMARTS) is 1. The fraction of sp³-hybridized carbons (Fsp3) is 0. The molecule has 20 heavy (non-hydrogen) atoms. The standard InChI is InChI=1S/C14H9ClINO3/c15-10-5-6-12(11(16)7-10)17-13(18)8-1-3-9(4-2-8)14(19)20/h1-7H,(H,17,18)(H,19,20). The topological polar surface area (TPSA) is 66.4 Å². The average molecular weight is 402 g/mol. The Hall–Kier alpha value is -1.60. The fourth-order valence-corrected chi connectivity index (χ4v) is 2.56. The first kappa shape index (κ1) is 14.8. The summed E-state index contributed by atoms with van der Waals surface area (Å²) in [5.74, 6) is -1.33. The van der Waals surface area contributed by atoms with Gasteiger partial charge in [-0.15, -0.1) is 0 Å². The number of carbonyl (C=O) groups excluding carboxylic acids is 1. The lowest BCUT2D eigenvalue weighted by atomic mass is 10.1. The predicted molar refractivity (Wildman–Crippen MR) is 85.5 cm³/mol. The molecule has 0 bridgehead atoms. The molecule has 6 heteroatoms. The van der Waals surface area contributed by atoms with E-state index in [-0.39, 0.29) is 11.5 Å². The summed E-state index contributed by atoms with van der Waals surface area (Å²) < 4.78 is 0.825. The third-order valence-corrected chi connectivity index (χ3v) is 3.70. The average Bonchev–Trinajstić information content (AvgIpc) is 2.42. The van der Waals surface area contributed by atoms with Crippen molar-refractivity contribution in [1.29, 1.82) is 0 Å². The highest BCUT2D eigenvalue weighted by molar-refractivity contribution is 14.1. The zero-order valence-corrected chi connectivity index (χ0v) is 13.0. The second kappa shape index (κ2) is 6.23. The lowest BCUT2D eigenvalue weighted by molar-refractivity contribution is 0.0696. The summed E-state index contributed by atoms with van der Waals surface area (Å²) >= 11 is 7.92. The van der Waals surface area contributed by atoms with Crippen LogP contribution in [0.25, 0.3) is 0 Å². The maximum Gasteiger partial charge on any atom is 0.335 e. The number of amides is 1. The van der Waals surface area contributed by atoms with Crippen LogP contribution in [0.3, 0.4) is 0 Å². The first-order chi connectivity index (χ1) is 9.47. The van der Waals surface area contributed by atoms with Crippen LogP contribution in [0.15, 0.2) is 42.5 Å². The van der Waals surface area contributed by atoms with Crippen molar-refractivity contribution in [2.75, 3.05) is 5.32 Å². The largest absolute Gasteiger partial charge is 0.478 e. The highest BCUT2D eigenvalue weighted by atomic mass is 127. The summed E-state index contributed by atoms with van der Waals surface area (Å²) in [4.78, 5) is 22.8. The van der Waals surface area contributed by atoms with E-state index in [1.807, 2.05) is 0 Å². The quantitative estimate of drug-likeness (QED) is 0.767. The summed E-state index contributed by atoms with van der Waals surface area (Å²) in [6, 6.07) is 10.9. The lowest BCUT2D eigenvalue weighted by Crippen LogP contribution is -2.13. The van der Waals surface area contributed by atoms with E-state index in [4.69, 9.17) is 16.7 Å². The smallest absolute Gasteiger partial charge is 0.335 e. The Morgan fingerprint density at radius 2 is 1.65 bits per heavy atom. The molecule has 0 spiro atoms. The van der Waals surface area contributed by atoms with Gasteiger partial charge in [0.1, 0.15) is 0 Å².